The summed E-state index contributed by atoms with van der Waals surface area (Å²) >= 11 is 3.39. The normalized spacial score (nSPS) is 12.1. The van der Waals surface area contributed by atoms with Crippen molar-refractivity contribution in [2.75, 3.05) is 0 Å². The van der Waals surface area contributed by atoms with E-state index in [1.54, 1.807) is 41.6 Å². The molecule has 0 radical (unpaired) electrons. The molecule has 1 atom stereocenters. The first-order chi connectivity index (χ1) is 14.6. The molecule has 0 spiro atoms. The molecule has 1 unspecified atom stereocenters. The predicted octanol–water partition coefficient (Wildman–Crippen LogP) is 4.99. The van der Waals surface area contributed by atoms with Crippen molar-refractivity contribution in [3.05, 3.63) is 82.7 Å². The van der Waals surface area contributed by atoms with Crippen molar-refractivity contribution in [2.45, 2.75) is 25.8 Å². The number of benzene rings is 1. The van der Waals surface area contributed by atoms with Gasteiger partial charge in [-0.2, -0.15) is 5.10 Å². The maximum atomic E-state index is 13.3. The lowest BCUT2D eigenvalue weighted by Crippen LogP contribution is -2.28. The molecule has 6 nitrogen and oxygen atoms in total. The Hall–Kier alpha value is -3.13. The fourth-order valence-corrected chi connectivity index (χ4v) is 3.77. The number of pyridine rings is 2. The van der Waals surface area contributed by atoms with Gasteiger partial charge < -0.3 is 5.32 Å². The third-order valence-electron chi connectivity index (χ3n) is 4.85. The zero-order valence-electron chi connectivity index (χ0n) is 16.2. The van der Waals surface area contributed by atoms with Crippen molar-refractivity contribution < 1.29 is 9.18 Å². The first kappa shape index (κ1) is 20.2. The number of rotatable bonds is 6. The Morgan fingerprint density at radius 3 is 2.73 bits per heavy atom. The average Bonchev–Trinajstić information content (AvgIpc) is 3.18. The quantitative estimate of drug-likeness (QED) is 0.405. The molecule has 0 aliphatic carbocycles. The molecule has 4 aromatic rings. The number of hydrogen-bond acceptors (Lipinski definition) is 4. The van der Waals surface area contributed by atoms with E-state index in [0.717, 1.165) is 23.0 Å². The van der Waals surface area contributed by atoms with Crippen LogP contribution >= 0.6 is 15.9 Å². The van der Waals surface area contributed by atoms with Gasteiger partial charge in [0.25, 0.3) is 5.91 Å². The Bertz CT molecular complexity index is 1190. The predicted molar refractivity (Wildman–Crippen MR) is 116 cm³/mol. The highest BCUT2D eigenvalue weighted by Crippen LogP contribution is 2.24. The Kier molecular flexibility index (Phi) is 5.85. The molecule has 3 heterocycles. The van der Waals surface area contributed by atoms with Gasteiger partial charge in [-0.15, -0.1) is 0 Å². The molecule has 1 amide bonds. The van der Waals surface area contributed by atoms with E-state index in [-0.39, 0.29) is 17.8 Å². The summed E-state index contributed by atoms with van der Waals surface area (Å²) in [7, 11) is 0. The molecule has 0 bridgehead atoms. The molecule has 8 heteroatoms. The van der Waals surface area contributed by atoms with Crippen LogP contribution in [-0.4, -0.2) is 25.7 Å². The van der Waals surface area contributed by atoms with Crippen molar-refractivity contribution >= 4 is 32.7 Å². The molecule has 0 saturated carbocycles. The zero-order valence-corrected chi connectivity index (χ0v) is 17.8. The molecule has 1 aromatic carbocycles. The second-order valence-electron chi connectivity index (χ2n) is 6.88. The summed E-state index contributed by atoms with van der Waals surface area (Å²) < 4.78 is 15.6. The van der Waals surface area contributed by atoms with Crippen molar-refractivity contribution in [1.82, 2.24) is 25.1 Å². The zero-order chi connectivity index (χ0) is 21.1. The molecule has 1 N–H and O–H groups in total. The third kappa shape index (κ3) is 4.09. The number of nitrogens with one attached hydrogen (secondary N) is 1. The molecule has 0 aliphatic heterocycles. The monoisotopic (exact) mass is 467 g/mol. The smallest absolute Gasteiger partial charge is 0.254 e. The van der Waals surface area contributed by atoms with Gasteiger partial charge in [-0.25, -0.2) is 14.1 Å². The highest BCUT2D eigenvalue weighted by molar-refractivity contribution is 9.10. The molecule has 0 aliphatic rings. The SMILES string of the molecule is CCCC(NC(=O)c1cncc2c1cnn2-c1ccc(F)cc1)c1ccnc(Br)c1. The number of carbonyl (C=O) groups is 1. The van der Waals surface area contributed by atoms with Gasteiger partial charge in [0.1, 0.15) is 10.4 Å². The van der Waals surface area contributed by atoms with E-state index in [9.17, 15) is 9.18 Å². The minimum absolute atomic E-state index is 0.149. The number of hydrogen-bond donors (Lipinski definition) is 1. The van der Waals surface area contributed by atoms with Gasteiger partial charge in [0, 0.05) is 17.8 Å². The molecule has 3 aromatic heterocycles. The number of fused-ring (bicyclic) bond motifs is 1. The first-order valence-electron chi connectivity index (χ1n) is 9.57. The number of carbonyl (C=O) groups excluding carboxylic acids is 1. The van der Waals surface area contributed by atoms with Crippen molar-refractivity contribution in [2.24, 2.45) is 0 Å². The maximum Gasteiger partial charge on any atom is 0.254 e. The Morgan fingerprint density at radius 1 is 1.20 bits per heavy atom. The Labute approximate surface area is 181 Å². The van der Waals surface area contributed by atoms with Crippen LogP contribution in [0.2, 0.25) is 0 Å². The van der Waals surface area contributed by atoms with Gasteiger partial charge in [-0.1, -0.05) is 13.3 Å². The van der Waals surface area contributed by atoms with Crippen LogP contribution in [0.3, 0.4) is 0 Å². The summed E-state index contributed by atoms with van der Waals surface area (Å²) in [5, 5.41) is 8.17. The fraction of sp³-hybridized carbons (Fsp3) is 0.182. The van der Waals surface area contributed by atoms with E-state index in [4.69, 9.17) is 0 Å². The minimum Gasteiger partial charge on any atom is -0.345 e. The number of halogens is 2. The second-order valence-corrected chi connectivity index (χ2v) is 7.69. The van der Waals surface area contributed by atoms with E-state index < -0.39 is 0 Å². The van der Waals surface area contributed by atoms with E-state index in [2.05, 4.69) is 43.2 Å². The summed E-state index contributed by atoms with van der Waals surface area (Å²) in [5.41, 5.74) is 2.79. The van der Waals surface area contributed by atoms with E-state index in [1.807, 2.05) is 12.1 Å². The van der Waals surface area contributed by atoms with Crippen LogP contribution in [-0.2, 0) is 0 Å². The maximum absolute atomic E-state index is 13.3. The van der Waals surface area contributed by atoms with Crippen molar-refractivity contribution in [3.63, 3.8) is 0 Å². The number of nitrogens with zero attached hydrogens (tertiary/aromatic N) is 4. The lowest BCUT2D eigenvalue weighted by atomic mass is 10.0. The van der Waals surface area contributed by atoms with E-state index >= 15 is 0 Å². The molecule has 152 valence electrons. The van der Waals surface area contributed by atoms with Crippen LogP contribution in [0.1, 0.15) is 41.7 Å². The summed E-state index contributed by atoms with van der Waals surface area (Å²) in [5.74, 6) is -0.545. The van der Waals surface area contributed by atoms with Crippen molar-refractivity contribution in [3.8, 4) is 5.69 Å². The second kappa shape index (κ2) is 8.71. The van der Waals surface area contributed by atoms with Gasteiger partial charge in [0.2, 0.25) is 0 Å². The van der Waals surface area contributed by atoms with Gasteiger partial charge in [-0.05, 0) is 64.3 Å². The highest BCUT2D eigenvalue weighted by Gasteiger charge is 2.19. The van der Waals surface area contributed by atoms with Gasteiger partial charge in [-0.3, -0.25) is 9.78 Å². The Morgan fingerprint density at radius 2 is 2.00 bits per heavy atom. The van der Waals surface area contributed by atoms with E-state index in [0.29, 0.717) is 22.2 Å². The molecular weight excluding hydrogens is 449 g/mol. The topological polar surface area (TPSA) is 72.7 Å². The standard InChI is InChI=1S/C22H19BrFN5O/c1-2-3-19(14-8-9-26-21(23)10-14)28-22(30)18-11-25-13-20-17(18)12-27-29(20)16-6-4-15(24)5-7-16/h4-13,19H,2-3H2,1H3,(H,28,30). The molecule has 4 rings (SSSR count). The van der Waals surface area contributed by atoms with Crippen LogP contribution in [0.25, 0.3) is 16.6 Å². The first-order valence-corrected chi connectivity index (χ1v) is 10.4. The third-order valence-corrected chi connectivity index (χ3v) is 5.28. The summed E-state index contributed by atoms with van der Waals surface area (Å²) in [6.45, 7) is 2.07. The molecular formula is C22H19BrFN5O. The van der Waals surface area contributed by atoms with Crippen LogP contribution in [0.5, 0.6) is 0 Å². The minimum atomic E-state index is -0.321. The van der Waals surface area contributed by atoms with Crippen LogP contribution in [0.4, 0.5) is 4.39 Å². The van der Waals surface area contributed by atoms with Gasteiger partial charge in [0.15, 0.2) is 0 Å². The van der Waals surface area contributed by atoms with Gasteiger partial charge >= 0.3 is 0 Å². The number of amides is 1. The summed E-state index contributed by atoms with van der Waals surface area (Å²) in [4.78, 5) is 21.5. The highest BCUT2D eigenvalue weighted by atomic mass is 79.9. The van der Waals surface area contributed by atoms with Crippen molar-refractivity contribution in [1.29, 1.82) is 0 Å². The lowest BCUT2D eigenvalue weighted by molar-refractivity contribution is 0.0936. The molecule has 0 fully saturated rings. The lowest BCUT2D eigenvalue weighted by Gasteiger charge is -2.19. The van der Waals surface area contributed by atoms with Crippen LogP contribution in [0.15, 0.2) is 65.8 Å². The Balaban J connectivity index is 1.67. The fourth-order valence-electron chi connectivity index (χ4n) is 3.39. The summed E-state index contributed by atoms with van der Waals surface area (Å²) in [6, 6.07) is 9.66. The average molecular weight is 468 g/mol. The molecule has 30 heavy (non-hydrogen) atoms. The largest absolute Gasteiger partial charge is 0.345 e. The van der Waals surface area contributed by atoms with Crippen LogP contribution < -0.4 is 5.32 Å². The van der Waals surface area contributed by atoms with Gasteiger partial charge in [0.05, 0.1) is 35.2 Å². The molecule has 0 saturated heterocycles. The van der Waals surface area contributed by atoms with Crippen LogP contribution in [0, 0.1) is 5.82 Å². The number of aromatic nitrogens is 4. The summed E-state index contributed by atoms with van der Waals surface area (Å²) in [6.07, 6.45) is 8.23. The van der Waals surface area contributed by atoms with E-state index in [1.165, 1.54) is 12.1 Å².